The number of rotatable bonds is 5. The van der Waals surface area contributed by atoms with Gasteiger partial charge in [-0.3, -0.25) is 0 Å². The maximum absolute atomic E-state index is 5.62. The first-order chi connectivity index (χ1) is 9.58. The fourth-order valence-corrected chi connectivity index (χ4v) is 3.61. The monoisotopic (exact) mass is 341 g/mol. The lowest BCUT2D eigenvalue weighted by Crippen LogP contribution is -2.24. The average molecular weight is 342 g/mol. The van der Waals surface area contributed by atoms with E-state index >= 15 is 0 Å². The third-order valence-electron chi connectivity index (χ3n) is 3.95. The van der Waals surface area contributed by atoms with E-state index in [1.807, 2.05) is 6.07 Å². The van der Waals surface area contributed by atoms with E-state index in [2.05, 4.69) is 35.1 Å². The van der Waals surface area contributed by atoms with Crippen molar-refractivity contribution in [1.29, 1.82) is 0 Å². The Morgan fingerprint density at radius 2 is 2.10 bits per heavy atom. The molecule has 0 bridgehead atoms. The van der Waals surface area contributed by atoms with E-state index in [1.54, 1.807) is 14.2 Å². The Balaban J connectivity index is 2.47. The summed E-state index contributed by atoms with van der Waals surface area (Å²) in [7, 11) is 3.40. The highest BCUT2D eigenvalue weighted by Crippen LogP contribution is 2.42. The van der Waals surface area contributed by atoms with Gasteiger partial charge in [-0.1, -0.05) is 29.8 Å². The van der Waals surface area contributed by atoms with Crippen molar-refractivity contribution in [2.75, 3.05) is 20.8 Å². The van der Waals surface area contributed by atoms with Gasteiger partial charge in [0, 0.05) is 16.1 Å². The topological polar surface area (TPSA) is 30.5 Å². The largest absolute Gasteiger partial charge is 0.493 e. The second-order valence-electron chi connectivity index (χ2n) is 5.64. The molecule has 20 heavy (non-hydrogen) atoms. The quantitative estimate of drug-likeness (QED) is 0.881. The predicted molar refractivity (Wildman–Crippen MR) is 86.1 cm³/mol. The Hall–Kier alpha value is -0.740. The first-order valence-corrected chi connectivity index (χ1v) is 8.04. The number of methoxy groups -OCH3 is 2. The summed E-state index contributed by atoms with van der Waals surface area (Å²) in [6.07, 6.45) is 3.55. The zero-order chi connectivity index (χ0) is 14.7. The number of hydrogen-bond donors (Lipinski definition) is 1. The maximum Gasteiger partial charge on any atom is 0.164 e. The molecular formula is C16H24BrNO2. The molecule has 1 aliphatic heterocycles. The minimum absolute atomic E-state index is 0.396. The van der Waals surface area contributed by atoms with Crippen LogP contribution in [0.2, 0.25) is 0 Å². The van der Waals surface area contributed by atoms with E-state index in [1.165, 1.54) is 24.0 Å². The van der Waals surface area contributed by atoms with Gasteiger partial charge in [-0.2, -0.15) is 0 Å². The van der Waals surface area contributed by atoms with Gasteiger partial charge in [-0.25, -0.2) is 0 Å². The minimum Gasteiger partial charge on any atom is -0.493 e. The highest BCUT2D eigenvalue weighted by Gasteiger charge is 2.24. The third-order valence-corrected chi connectivity index (χ3v) is 4.66. The molecule has 3 nitrogen and oxygen atoms in total. The fraction of sp³-hybridized carbons (Fsp3) is 0.625. The van der Waals surface area contributed by atoms with Crippen molar-refractivity contribution in [2.45, 2.75) is 45.1 Å². The summed E-state index contributed by atoms with van der Waals surface area (Å²) >= 11 is 3.71. The Labute approximate surface area is 130 Å². The molecule has 0 aliphatic carbocycles. The summed E-state index contributed by atoms with van der Waals surface area (Å²) < 4.78 is 12.2. The lowest BCUT2D eigenvalue weighted by molar-refractivity contribution is 0.349. The maximum atomic E-state index is 5.62. The molecule has 112 valence electrons. The van der Waals surface area contributed by atoms with Crippen LogP contribution in [0, 0.1) is 0 Å². The van der Waals surface area contributed by atoms with Gasteiger partial charge in [-0.05, 0) is 43.4 Å². The van der Waals surface area contributed by atoms with Crippen LogP contribution < -0.4 is 14.8 Å². The minimum atomic E-state index is 0.396. The van der Waals surface area contributed by atoms with Gasteiger partial charge in [-0.15, -0.1) is 0 Å². The zero-order valence-corrected chi connectivity index (χ0v) is 14.3. The molecule has 0 radical (unpaired) electrons. The van der Waals surface area contributed by atoms with Gasteiger partial charge >= 0.3 is 0 Å². The molecule has 1 atom stereocenters. The van der Waals surface area contributed by atoms with Crippen molar-refractivity contribution in [3.05, 3.63) is 21.7 Å². The SMILES string of the molecule is COc1cc(Br)c(CC2CCCN2)c(C(C)C)c1OC. The Morgan fingerprint density at radius 1 is 1.35 bits per heavy atom. The fourth-order valence-electron chi connectivity index (χ4n) is 3.02. The van der Waals surface area contributed by atoms with Crippen LogP contribution in [-0.4, -0.2) is 26.8 Å². The molecular weight excluding hydrogens is 318 g/mol. The number of halogens is 1. The standard InChI is InChI=1S/C16H24BrNO2/c1-10(2)15-12(8-11-6-5-7-18-11)13(17)9-14(19-3)16(15)20-4/h9-11,18H,5-8H2,1-4H3. The molecule has 1 aromatic rings. The summed E-state index contributed by atoms with van der Waals surface area (Å²) in [5.41, 5.74) is 2.60. The molecule has 4 heteroatoms. The summed E-state index contributed by atoms with van der Waals surface area (Å²) in [5.74, 6) is 2.07. The van der Waals surface area contributed by atoms with E-state index in [-0.39, 0.29) is 0 Å². The van der Waals surface area contributed by atoms with E-state index in [0.29, 0.717) is 12.0 Å². The third kappa shape index (κ3) is 3.12. The van der Waals surface area contributed by atoms with Crippen LogP contribution in [0.5, 0.6) is 11.5 Å². The van der Waals surface area contributed by atoms with Crippen LogP contribution in [0.25, 0.3) is 0 Å². The number of nitrogens with one attached hydrogen (secondary N) is 1. The van der Waals surface area contributed by atoms with E-state index in [4.69, 9.17) is 9.47 Å². The molecule has 0 spiro atoms. The lowest BCUT2D eigenvalue weighted by atomic mass is 9.91. The van der Waals surface area contributed by atoms with Crippen molar-refractivity contribution in [3.8, 4) is 11.5 Å². The van der Waals surface area contributed by atoms with Crippen LogP contribution >= 0.6 is 15.9 Å². The molecule has 1 heterocycles. The van der Waals surface area contributed by atoms with Gasteiger partial charge in [0.2, 0.25) is 0 Å². The molecule has 1 aliphatic rings. The van der Waals surface area contributed by atoms with Crippen LogP contribution in [0.1, 0.15) is 43.7 Å². The predicted octanol–water partition coefficient (Wildman–Crippen LogP) is 3.88. The number of ether oxygens (including phenoxy) is 2. The number of hydrogen-bond acceptors (Lipinski definition) is 3. The average Bonchev–Trinajstić information content (AvgIpc) is 2.92. The second-order valence-corrected chi connectivity index (χ2v) is 6.49. The Morgan fingerprint density at radius 3 is 2.60 bits per heavy atom. The number of benzene rings is 1. The first kappa shape index (κ1) is 15.6. The zero-order valence-electron chi connectivity index (χ0n) is 12.8. The van der Waals surface area contributed by atoms with E-state index in [9.17, 15) is 0 Å². The molecule has 0 amide bonds. The van der Waals surface area contributed by atoms with Gasteiger partial charge in [0.1, 0.15) is 0 Å². The highest BCUT2D eigenvalue weighted by atomic mass is 79.9. The molecule has 2 rings (SSSR count). The van der Waals surface area contributed by atoms with Gasteiger partial charge in [0.05, 0.1) is 14.2 Å². The molecule has 0 aromatic heterocycles. The summed E-state index contributed by atoms with van der Waals surface area (Å²) in [5, 5.41) is 3.57. The van der Waals surface area contributed by atoms with Crippen molar-refractivity contribution in [3.63, 3.8) is 0 Å². The van der Waals surface area contributed by atoms with Gasteiger partial charge < -0.3 is 14.8 Å². The summed E-state index contributed by atoms with van der Waals surface area (Å²) in [4.78, 5) is 0. The van der Waals surface area contributed by atoms with Crippen molar-refractivity contribution in [1.82, 2.24) is 5.32 Å². The molecule has 1 saturated heterocycles. The molecule has 1 N–H and O–H groups in total. The van der Waals surface area contributed by atoms with Crippen LogP contribution in [0.15, 0.2) is 10.5 Å². The molecule has 1 aromatic carbocycles. The van der Waals surface area contributed by atoms with Crippen molar-refractivity contribution < 1.29 is 9.47 Å². The molecule has 1 unspecified atom stereocenters. The van der Waals surface area contributed by atoms with E-state index in [0.717, 1.165) is 28.9 Å². The molecule has 0 saturated carbocycles. The summed E-state index contributed by atoms with van der Waals surface area (Å²) in [6, 6.07) is 2.59. The Bertz CT molecular complexity index is 468. The van der Waals surface area contributed by atoms with Crippen LogP contribution in [-0.2, 0) is 6.42 Å². The van der Waals surface area contributed by atoms with Crippen LogP contribution in [0.4, 0.5) is 0 Å². The van der Waals surface area contributed by atoms with Crippen LogP contribution in [0.3, 0.4) is 0 Å². The van der Waals surface area contributed by atoms with E-state index < -0.39 is 0 Å². The van der Waals surface area contributed by atoms with Crippen molar-refractivity contribution in [2.24, 2.45) is 0 Å². The molecule has 1 fully saturated rings. The highest BCUT2D eigenvalue weighted by molar-refractivity contribution is 9.10. The normalized spacial score (nSPS) is 18.6. The smallest absolute Gasteiger partial charge is 0.164 e. The van der Waals surface area contributed by atoms with Crippen molar-refractivity contribution >= 4 is 15.9 Å². The van der Waals surface area contributed by atoms with Gasteiger partial charge in [0.15, 0.2) is 11.5 Å². The first-order valence-electron chi connectivity index (χ1n) is 7.25. The second kappa shape index (κ2) is 6.81. The Kier molecular flexibility index (Phi) is 5.33. The summed E-state index contributed by atoms with van der Waals surface area (Å²) in [6.45, 7) is 5.54. The lowest BCUT2D eigenvalue weighted by Gasteiger charge is -2.23. The van der Waals surface area contributed by atoms with Gasteiger partial charge in [0.25, 0.3) is 0 Å².